The van der Waals surface area contributed by atoms with Crippen LogP contribution in [0, 0.1) is 0 Å². The second kappa shape index (κ2) is 7.64. The Bertz CT molecular complexity index is 1270. The second-order valence-electron chi connectivity index (χ2n) is 6.74. The summed E-state index contributed by atoms with van der Waals surface area (Å²) in [5.41, 5.74) is 0.803. The zero-order valence-electron chi connectivity index (χ0n) is 15.7. The number of fused-ring (bicyclic) bond motifs is 1. The highest BCUT2D eigenvalue weighted by atomic mass is 32.1. The van der Waals surface area contributed by atoms with Gasteiger partial charge in [-0.15, -0.1) is 11.3 Å². The van der Waals surface area contributed by atoms with Crippen molar-refractivity contribution in [2.45, 2.75) is 12.5 Å². The third kappa shape index (κ3) is 3.53. The topological polar surface area (TPSA) is 85.3 Å². The molecule has 1 atom stereocenters. The first kappa shape index (κ1) is 18.4. The largest absolute Gasteiger partial charge is 0.484 e. The average molecular weight is 420 g/mol. The Morgan fingerprint density at radius 1 is 1.20 bits per heavy atom. The van der Waals surface area contributed by atoms with Crippen LogP contribution in [0.5, 0.6) is 5.75 Å². The van der Waals surface area contributed by atoms with E-state index in [4.69, 9.17) is 13.6 Å². The lowest BCUT2D eigenvalue weighted by molar-refractivity contribution is -0.135. The SMILES string of the molecule is O=C(COc1ccc2ccc(=O)oc2c1)N1N=C(c2cccs2)CC1c1ccco1. The van der Waals surface area contributed by atoms with E-state index < -0.39 is 5.63 Å². The molecule has 1 unspecified atom stereocenters. The lowest BCUT2D eigenvalue weighted by Gasteiger charge is -2.20. The smallest absolute Gasteiger partial charge is 0.336 e. The average Bonchev–Trinajstić information content (AvgIpc) is 3.52. The Morgan fingerprint density at radius 2 is 2.10 bits per heavy atom. The number of furan rings is 1. The van der Waals surface area contributed by atoms with Gasteiger partial charge in [0.15, 0.2) is 6.61 Å². The number of thiophene rings is 1. The number of ether oxygens (including phenoxy) is 1. The van der Waals surface area contributed by atoms with Crippen LogP contribution in [0.25, 0.3) is 11.0 Å². The van der Waals surface area contributed by atoms with Gasteiger partial charge in [0.1, 0.15) is 23.1 Å². The van der Waals surface area contributed by atoms with Gasteiger partial charge in [-0.05, 0) is 41.8 Å². The van der Waals surface area contributed by atoms with Gasteiger partial charge in [0.05, 0.1) is 16.9 Å². The number of benzene rings is 1. The Labute approximate surface area is 174 Å². The molecule has 3 aromatic heterocycles. The molecule has 0 spiro atoms. The van der Waals surface area contributed by atoms with Gasteiger partial charge in [-0.1, -0.05) is 6.07 Å². The van der Waals surface area contributed by atoms with Crippen LogP contribution in [-0.4, -0.2) is 23.2 Å². The van der Waals surface area contributed by atoms with Crippen molar-refractivity contribution in [3.8, 4) is 5.75 Å². The van der Waals surface area contributed by atoms with E-state index in [0.29, 0.717) is 23.5 Å². The van der Waals surface area contributed by atoms with Crippen LogP contribution in [-0.2, 0) is 4.79 Å². The summed E-state index contributed by atoms with van der Waals surface area (Å²) in [6.07, 6.45) is 2.15. The van der Waals surface area contributed by atoms with Crippen LogP contribution in [0.3, 0.4) is 0 Å². The number of carbonyl (C=O) groups is 1. The number of hydrogen-bond acceptors (Lipinski definition) is 7. The Kier molecular flexibility index (Phi) is 4.68. The molecule has 4 aromatic rings. The molecule has 4 heterocycles. The van der Waals surface area contributed by atoms with Gasteiger partial charge in [-0.25, -0.2) is 9.80 Å². The molecule has 7 nitrogen and oxygen atoms in total. The fraction of sp³-hybridized carbons (Fsp3) is 0.136. The van der Waals surface area contributed by atoms with E-state index in [2.05, 4.69) is 5.10 Å². The van der Waals surface area contributed by atoms with Crippen molar-refractivity contribution in [1.29, 1.82) is 0 Å². The Balaban J connectivity index is 1.36. The molecule has 8 heteroatoms. The minimum Gasteiger partial charge on any atom is -0.484 e. The van der Waals surface area contributed by atoms with Crippen LogP contribution in [0.2, 0.25) is 0 Å². The highest BCUT2D eigenvalue weighted by Crippen LogP contribution is 2.34. The molecular formula is C22H16N2O5S. The molecule has 0 saturated heterocycles. The molecule has 5 rings (SSSR count). The van der Waals surface area contributed by atoms with Crippen LogP contribution < -0.4 is 10.4 Å². The number of rotatable bonds is 5. The third-order valence-electron chi connectivity index (χ3n) is 4.80. The van der Waals surface area contributed by atoms with Gasteiger partial charge >= 0.3 is 5.63 Å². The number of hydrogen-bond donors (Lipinski definition) is 0. The van der Waals surface area contributed by atoms with Crippen LogP contribution >= 0.6 is 11.3 Å². The zero-order chi connectivity index (χ0) is 20.5. The Morgan fingerprint density at radius 3 is 2.90 bits per heavy atom. The summed E-state index contributed by atoms with van der Waals surface area (Å²) < 4.78 is 16.4. The first-order valence-electron chi connectivity index (χ1n) is 9.31. The molecule has 1 aliphatic rings. The van der Waals surface area contributed by atoms with Gasteiger partial charge < -0.3 is 13.6 Å². The van der Waals surface area contributed by atoms with Crippen LogP contribution in [0.15, 0.2) is 85.0 Å². The molecule has 150 valence electrons. The van der Waals surface area contributed by atoms with E-state index in [-0.39, 0.29) is 18.6 Å². The standard InChI is InChI=1S/C22H16N2O5S/c25-21(13-28-15-7-5-14-6-8-22(26)29-19(14)11-15)24-17(18-3-1-9-27-18)12-16(23-24)20-4-2-10-30-20/h1-11,17H,12-13H2. The summed E-state index contributed by atoms with van der Waals surface area (Å²) in [7, 11) is 0. The summed E-state index contributed by atoms with van der Waals surface area (Å²) in [6.45, 7) is -0.207. The first-order valence-corrected chi connectivity index (χ1v) is 10.2. The molecule has 0 fully saturated rings. The van der Waals surface area contributed by atoms with E-state index in [1.54, 1.807) is 47.9 Å². The van der Waals surface area contributed by atoms with Crippen molar-refractivity contribution in [3.63, 3.8) is 0 Å². The molecule has 0 saturated carbocycles. The lowest BCUT2D eigenvalue weighted by Crippen LogP contribution is -2.31. The summed E-state index contributed by atoms with van der Waals surface area (Å²) in [5, 5.41) is 8.73. The number of nitrogens with zero attached hydrogens (tertiary/aromatic N) is 2. The zero-order valence-corrected chi connectivity index (χ0v) is 16.5. The van der Waals surface area contributed by atoms with Gasteiger partial charge in [-0.2, -0.15) is 5.10 Å². The molecule has 0 radical (unpaired) electrons. The molecule has 0 N–H and O–H groups in total. The maximum Gasteiger partial charge on any atom is 0.336 e. The third-order valence-corrected chi connectivity index (χ3v) is 5.72. The highest BCUT2D eigenvalue weighted by molar-refractivity contribution is 7.12. The highest BCUT2D eigenvalue weighted by Gasteiger charge is 2.35. The minimum absolute atomic E-state index is 0.207. The first-order chi connectivity index (χ1) is 14.7. The van der Waals surface area contributed by atoms with Gasteiger partial charge in [0.25, 0.3) is 5.91 Å². The lowest BCUT2D eigenvalue weighted by atomic mass is 10.1. The maximum absolute atomic E-state index is 12.9. The molecule has 1 aliphatic heterocycles. The number of amides is 1. The van der Waals surface area contributed by atoms with E-state index in [1.165, 1.54) is 11.1 Å². The van der Waals surface area contributed by atoms with E-state index in [1.807, 2.05) is 23.6 Å². The van der Waals surface area contributed by atoms with Crippen molar-refractivity contribution in [3.05, 3.63) is 87.3 Å². The molecular weight excluding hydrogens is 404 g/mol. The van der Waals surface area contributed by atoms with E-state index >= 15 is 0 Å². The van der Waals surface area contributed by atoms with Crippen molar-refractivity contribution >= 4 is 33.9 Å². The van der Waals surface area contributed by atoms with E-state index in [0.717, 1.165) is 16.0 Å². The number of hydrazone groups is 1. The second-order valence-corrected chi connectivity index (χ2v) is 7.69. The van der Waals surface area contributed by atoms with Crippen LogP contribution in [0.4, 0.5) is 0 Å². The van der Waals surface area contributed by atoms with E-state index in [9.17, 15) is 9.59 Å². The molecule has 1 aromatic carbocycles. The Hall–Kier alpha value is -3.65. The maximum atomic E-state index is 12.9. The van der Waals surface area contributed by atoms with Gasteiger partial charge in [-0.3, -0.25) is 4.79 Å². The van der Waals surface area contributed by atoms with Gasteiger partial charge in [0, 0.05) is 23.9 Å². The fourth-order valence-electron chi connectivity index (χ4n) is 3.38. The molecule has 0 bridgehead atoms. The molecule has 0 aliphatic carbocycles. The quantitative estimate of drug-likeness (QED) is 0.452. The normalized spacial score (nSPS) is 16.1. The summed E-state index contributed by atoms with van der Waals surface area (Å²) in [6, 6.07) is 15.4. The summed E-state index contributed by atoms with van der Waals surface area (Å²) >= 11 is 1.58. The molecule has 1 amide bonds. The predicted octanol–water partition coefficient (Wildman–Crippen LogP) is 4.20. The fourth-order valence-corrected chi connectivity index (χ4v) is 4.10. The van der Waals surface area contributed by atoms with Gasteiger partial charge in [0.2, 0.25) is 0 Å². The van der Waals surface area contributed by atoms with Crippen molar-refractivity contribution < 1.29 is 18.4 Å². The minimum atomic E-state index is -0.440. The van der Waals surface area contributed by atoms with Crippen LogP contribution in [0.1, 0.15) is 23.1 Å². The van der Waals surface area contributed by atoms with Crippen molar-refractivity contribution in [2.24, 2.45) is 5.10 Å². The summed E-state index contributed by atoms with van der Waals surface area (Å²) in [4.78, 5) is 25.4. The molecule has 30 heavy (non-hydrogen) atoms. The van der Waals surface area contributed by atoms with Crippen molar-refractivity contribution in [2.75, 3.05) is 6.61 Å². The monoisotopic (exact) mass is 420 g/mol. The predicted molar refractivity (Wildman–Crippen MR) is 112 cm³/mol. The van der Waals surface area contributed by atoms with Crippen molar-refractivity contribution in [1.82, 2.24) is 5.01 Å². The number of carbonyl (C=O) groups excluding carboxylic acids is 1. The summed E-state index contributed by atoms with van der Waals surface area (Å²) in [5.74, 6) is 0.810.